The van der Waals surface area contributed by atoms with Crippen molar-refractivity contribution in [1.82, 2.24) is 5.32 Å². The molecule has 3 N–H and O–H groups in total. The first-order valence-corrected chi connectivity index (χ1v) is 6.95. The number of hydrogen-bond acceptors (Lipinski definition) is 4. The van der Waals surface area contributed by atoms with Gasteiger partial charge in [-0.05, 0) is 26.8 Å². The van der Waals surface area contributed by atoms with Crippen LogP contribution in [0.3, 0.4) is 0 Å². The highest BCUT2D eigenvalue weighted by Gasteiger charge is 2.12. The summed E-state index contributed by atoms with van der Waals surface area (Å²) < 4.78 is 5.39. The summed E-state index contributed by atoms with van der Waals surface area (Å²) in [6, 6.07) is 1.96. The molecule has 1 aromatic heterocycles. The fourth-order valence-corrected chi connectivity index (χ4v) is 1.97. The SMILES string of the molecule is CC(C)(C)OCC(=O)NCc1cc(C#CCN)cs1. The van der Waals surface area contributed by atoms with Gasteiger partial charge in [0.2, 0.25) is 5.91 Å². The average Bonchev–Trinajstić information content (AvgIpc) is 2.78. The molecular formula is C14H20N2O2S. The summed E-state index contributed by atoms with van der Waals surface area (Å²) >= 11 is 1.57. The zero-order valence-electron chi connectivity index (χ0n) is 11.6. The summed E-state index contributed by atoms with van der Waals surface area (Å²) in [4.78, 5) is 12.6. The number of carbonyl (C=O) groups excluding carboxylic acids is 1. The van der Waals surface area contributed by atoms with E-state index in [4.69, 9.17) is 10.5 Å². The third kappa shape index (κ3) is 6.97. The second-order valence-corrected chi connectivity index (χ2v) is 5.98. The fourth-order valence-electron chi connectivity index (χ4n) is 1.21. The molecule has 0 saturated carbocycles. The van der Waals surface area contributed by atoms with Gasteiger partial charge >= 0.3 is 0 Å². The Balaban J connectivity index is 2.36. The summed E-state index contributed by atoms with van der Waals surface area (Å²) in [6.07, 6.45) is 0. The molecule has 0 spiro atoms. The van der Waals surface area contributed by atoms with Crippen LogP contribution in [-0.4, -0.2) is 24.7 Å². The molecule has 0 aliphatic carbocycles. The number of thiophene rings is 1. The van der Waals surface area contributed by atoms with Crippen molar-refractivity contribution in [2.45, 2.75) is 32.9 Å². The molecule has 0 unspecified atom stereocenters. The quantitative estimate of drug-likeness (QED) is 0.821. The lowest BCUT2D eigenvalue weighted by Gasteiger charge is -2.18. The Morgan fingerprint density at radius 2 is 2.26 bits per heavy atom. The molecular weight excluding hydrogens is 260 g/mol. The molecule has 1 rings (SSSR count). The van der Waals surface area contributed by atoms with Gasteiger partial charge in [0.1, 0.15) is 6.61 Å². The molecule has 0 saturated heterocycles. The van der Waals surface area contributed by atoms with Gasteiger partial charge in [-0.3, -0.25) is 4.79 Å². The third-order valence-corrected chi connectivity index (χ3v) is 3.02. The van der Waals surface area contributed by atoms with E-state index < -0.39 is 0 Å². The third-order valence-electron chi connectivity index (χ3n) is 2.08. The first-order chi connectivity index (χ1) is 8.90. The summed E-state index contributed by atoms with van der Waals surface area (Å²) in [5.41, 5.74) is 5.94. The first kappa shape index (κ1) is 15.7. The summed E-state index contributed by atoms with van der Waals surface area (Å²) in [7, 11) is 0. The van der Waals surface area contributed by atoms with Crippen molar-refractivity contribution in [3.8, 4) is 11.8 Å². The fraction of sp³-hybridized carbons (Fsp3) is 0.500. The van der Waals surface area contributed by atoms with Crippen LogP contribution >= 0.6 is 11.3 Å². The van der Waals surface area contributed by atoms with Gasteiger partial charge in [0, 0.05) is 15.8 Å². The minimum Gasteiger partial charge on any atom is -0.366 e. The van der Waals surface area contributed by atoms with Crippen molar-refractivity contribution in [2.24, 2.45) is 5.73 Å². The van der Waals surface area contributed by atoms with E-state index in [1.54, 1.807) is 11.3 Å². The van der Waals surface area contributed by atoms with E-state index in [0.29, 0.717) is 13.1 Å². The Bertz CT molecular complexity index is 478. The lowest BCUT2D eigenvalue weighted by Crippen LogP contribution is -2.31. The van der Waals surface area contributed by atoms with Crippen LogP contribution in [0.4, 0.5) is 0 Å². The second kappa shape index (κ2) is 7.29. The molecule has 0 aromatic carbocycles. The van der Waals surface area contributed by atoms with Gasteiger partial charge in [0.15, 0.2) is 0 Å². The zero-order chi connectivity index (χ0) is 14.3. The van der Waals surface area contributed by atoms with E-state index in [2.05, 4.69) is 17.2 Å². The van der Waals surface area contributed by atoms with Gasteiger partial charge < -0.3 is 15.8 Å². The number of ether oxygens (including phenoxy) is 1. The van der Waals surface area contributed by atoms with Crippen LogP contribution in [0.25, 0.3) is 0 Å². The highest BCUT2D eigenvalue weighted by atomic mass is 32.1. The van der Waals surface area contributed by atoms with Crippen molar-refractivity contribution in [1.29, 1.82) is 0 Å². The summed E-state index contributed by atoms with van der Waals surface area (Å²) in [5.74, 6) is 5.64. The van der Waals surface area contributed by atoms with E-state index in [0.717, 1.165) is 10.4 Å². The maximum absolute atomic E-state index is 11.6. The molecule has 1 heterocycles. The van der Waals surface area contributed by atoms with Crippen LogP contribution in [0, 0.1) is 11.8 Å². The van der Waals surface area contributed by atoms with E-state index in [1.165, 1.54) is 0 Å². The average molecular weight is 280 g/mol. The largest absolute Gasteiger partial charge is 0.366 e. The number of nitrogens with one attached hydrogen (secondary N) is 1. The molecule has 19 heavy (non-hydrogen) atoms. The Hall–Kier alpha value is -1.35. The molecule has 0 atom stereocenters. The Morgan fingerprint density at radius 1 is 1.53 bits per heavy atom. The lowest BCUT2D eigenvalue weighted by molar-refractivity contribution is -0.130. The lowest BCUT2D eigenvalue weighted by atomic mass is 10.2. The van der Waals surface area contributed by atoms with Gasteiger partial charge in [-0.1, -0.05) is 11.8 Å². The Kier molecular flexibility index (Phi) is 6.03. The summed E-state index contributed by atoms with van der Waals surface area (Å²) in [5, 5.41) is 4.77. The van der Waals surface area contributed by atoms with Crippen LogP contribution in [0.15, 0.2) is 11.4 Å². The van der Waals surface area contributed by atoms with Crippen LogP contribution < -0.4 is 11.1 Å². The molecule has 5 heteroatoms. The topological polar surface area (TPSA) is 64.3 Å². The molecule has 104 valence electrons. The monoisotopic (exact) mass is 280 g/mol. The number of hydrogen-bond donors (Lipinski definition) is 2. The van der Waals surface area contributed by atoms with Gasteiger partial charge in [-0.15, -0.1) is 11.3 Å². The molecule has 1 amide bonds. The van der Waals surface area contributed by atoms with Crippen molar-refractivity contribution >= 4 is 17.2 Å². The number of amides is 1. The highest BCUT2D eigenvalue weighted by Crippen LogP contribution is 2.13. The van der Waals surface area contributed by atoms with Crippen molar-refractivity contribution in [2.75, 3.05) is 13.2 Å². The Labute approximate surface area is 118 Å². The van der Waals surface area contributed by atoms with Crippen LogP contribution in [-0.2, 0) is 16.1 Å². The molecule has 0 bridgehead atoms. The van der Waals surface area contributed by atoms with Gasteiger partial charge in [0.25, 0.3) is 0 Å². The van der Waals surface area contributed by atoms with Crippen molar-refractivity contribution in [3.63, 3.8) is 0 Å². The van der Waals surface area contributed by atoms with Crippen LogP contribution in [0.5, 0.6) is 0 Å². The zero-order valence-corrected chi connectivity index (χ0v) is 12.4. The minimum atomic E-state index is -0.300. The number of carbonyl (C=O) groups is 1. The molecule has 0 radical (unpaired) electrons. The molecule has 1 aromatic rings. The normalized spacial score (nSPS) is 10.7. The van der Waals surface area contributed by atoms with Crippen molar-refractivity contribution in [3.05, 3.63) is 21.9 Å². The Morgan fingerprint density at radius 3 is 2.89 bits per heavy atom. The van der Waals surface area contributed by atoms with Gasteiger partial charge in [-0.2, -0.15) is 0 Å². The highest BCUT2D eigenvalue weighted by molar-refractivity contribution is 7.10. The summed E-state index contributed by atoms with van der Waals surface area (Å²) in [6.45, 7) is 6.69. The van der Waals surface area contributed by atoms with Crippen molar-refractivity contribution < 1.29 is 9.53 Å². The molecule has 4 nitrogen and oxygen atoms in total. The smallest absolute Gasteiger partial charge is 0.246 e. The predicted molar refractivity (Wildman–Crippen MR) is 77.8 cm³/mol. The second-order valence-electron chi connectivity index (χ2n) is 4.99. The van der Waals surface area contributed by atoms with Crippen LogP contribution in [0.1, 0.15) is 31.2 Å². The molecule has 0 aliphatic heterocycles. The van der Waals surface area contributed by atoms with E-state index in [9.17, 15) is 4.79 Å². The number of rotatable bonds is 4. The van der Waals surface area contributed by atoms with E-state index >= 15 is 0 Å². The van der Waals surface area contributed by atoms with E-state index in [-0.39, 0.29) is 18.1 Å². The van der Waals surface area contributed by atoms with Crippen LogP contribution in [0.2, 0.25) is 0 Å². The van der Waals surface area contributed by atoms with Gasteiger partial charge in [-0.25, -0.2) is 0 Å². The molecule has 0 aliphatic rings. The minimum absolute atomic E-state index is 0.0781. The first-order valence-electron chi connectivity index (χ1n) is 6.08. The predicted octanol–water partition coefficient (Wildman–Crippen LogP) is 1.49. The molecule has 0 fully saturated rings. The van der Waals surface area contributed by atoms with E-state index in [1.807, 2.05) is 32.2 Å². The maximum atomic E-state index is 11.6. The number of nitrogens with two attached hydrogens (primary N) is 1. The van der Waals surface area contributed by atoms with Gasteiger partial charge in [0.05, 0.1) is 18.7 Å². The standard InChI is InChI=1S/C14H20N2O2S/c1-14(2,3)18-9-13(17)16-8-12-7-11(10-19-12)5-4-6-15/h7,10H,6,8-9,15H2,1-3H3,(H,16,17). The maximum Gasteiger partial charge on any atom is 0.246 e.